The smallest absolute Gasteiger partial charge is 0.330 e. The summed E-state index contributed by atoms with van der Waals surface area (Å²) in [4.78, 5) is 11.8. The van der Waals surface area contributed by atoms with Crippen LogP contribution in [-0.2, 0) is 9.53 Å². The molecule has 4 rings (SSSR count). The minimum Gasteiger partial charge on any atom is -0.456 e. The fourth-order valence-electron chi connectivity index (χ4n) is 5.84. The maximum atomic E-state index is 11.8. The van der Waals surface area contributed by atoms with Gasteiger partial charge in [0.2, 0.25) is 0 Å². The number of hydrogen-bond donors (Lipinski definition) is 0. The van der Waals surface area contributed by atoms with E-state index in [9.17, 15) is 4.79 Å². The Bertz CT molecular complexity index is 391. The summed E-state index contributed by atoms with van der Waals surface area (Å²) in [7, 11) is 0. The highest BCUT2D eigenvalue weighted by Crippen LogP contribution is 2.67. The predicted octanol–water partition coefficient (Wildman–Crippen LogP) is 3.85. The van der Waals surface area contributed by atoms with Gasteiger partial charge >= 0.3 is 5.97 Å². The van der Waals surface area contributed by atoms with Crippen LogP contribution in [0.2, 0.25) is 0 Å². The standard InChI is InChI=1S/C16H24O2/c1-4-5-13(17)18-16-8-12-6-14(2,10-16)9-15(3,7-12)11-16/h4-5,12H,6-11H2,1-3H3. The number of rotatable bonds is 2. The molecule has 0 amide bonds. The first-order chi connectivity index (χ1) is 8.36. The van der Waals surface area contributed by atoms with Gasteiger partial charge in [0.15, 0.2) is 0 Å². The molecule has 0 spiro atoms. The lowest BCUT2D eigenvalue weighted by Crippen LogP contribution is -2.59. The zero-order valence-corrected chi connectivity index (χ0v) is 11.8. The number of hydrogen-bond acceptors (Lipinski definition) is 2. The van der Waals surface area contributed by atoms with Crippen molar-refractivity contribution in [2.75, 3.05) is 0 Å². The third-order valence-electron chi connectivity index (χ3n) is 5.19. The molecule has 0 aromatic rings. The molecular weight excluding hydrogens is 224 g/mol. The highest BCUT2D eigenvalue weighted by molar-refractivity contribution is 5.82. The first-order valence-electron chi connectivity index (χ1n) is 7.22. The van der Waals surface area contributed by atoms with Crippen LogP contribution in [0.25, 0.3) is 0 Å². The molecule has 2 unspecified atom stereocenters. The summed E-state index contributed by atoms with van der Waals surface area (Å²) in [5.41, 5.74) is 0.661. The van der Waals surface area contributed by atoms with E-state index in [1.165, 1.54) is 19.3 Å². The summed E-state index contributed by atoms with van der Waals surface area (Å²) < 4.78 is 5.90. The zero-order valence-electron chi connectivity index (χ0n) is 11.8. The van der Waals surface area contributed by atoms with Crippen LogP contribution in [0.4, 0.5) is 0 Å². The fraction of sp³-hybridized carbons (Fsp3) is 0.812. The van der Waals surface area contributed by atoms with E-state index in [0.717, 1.165) is 25.2 Å². The second-order valence-electron chi connectivity index (χ2n) is 7.73. The Labute approximate surface area is 110 Å². The van der Waals surface area contributed by atoms with Gasteiger partial charge in [-0.25, -0.2) is 4.79 Å². The van der Waals surface area contributed by atoms with Gasteiger partial charge in [0, 0.05) is 6.08 Å². The summed E-state index contributed by atoms with van der Waals surface area (Å²) in [5, 5.41) is 0. The summed E-state index contributed by atoms with van der Waals surface area (Å²) in [6.45, 7) is 6.66. The summed E-state index contributed by atoms with van der Waals surface area (Å²) in [6, 6.07) is 0. The van der Waals surface area contributed by atoms with Gasteiger partial charge in [-0.1, -0.05) is 19.9 Å². The van der Waals surface area contributed by atoms with Gasteiger partial charge in [0.1, 0.15) is 5.60 Å². The van der Waals surface area contributed by atoms with Gasteiger partial charge in [-0.15, -0.1) is 0 Å². The van der Waals surface area contributed by atoms with E-state index in [4.69, 9.17) is 4.74 Å². The molecule has 18 heavy (non-hydrogen) atoms. The van der Waals surface area contributed by atoms with Crippen molar-refractivity contribution < 1.29 is 9.53 Å². The van der Waals surface area contributed by atoms with E-state index >= 15 is 0 Å². The molecule has 100 valence electrons. The maximum Gasteiger partial charge on any atom is 0.330 e. The first kappa shape index (κ1) is 12.3. The van der Waals surface area contributed by atoms with Crippen molar-refractivity contribution in [3.05, 3.63) is 12.2 Å². The van der Waals surface area contributed by atoms with E-state index in [2.05, 4.69) is 13.8 Å². The Kier molecular flexibility index (Phi) is 2.46. The van der Waals surface area contributed by atoms with Crippen molar-refractivity contribution in [2.45, 2.75) is 64.9 Å². The molecule has 4 aliphatic carbocycles. The highest BCUT2D eigenvalue weighted by Gasteiger charge is 2.61. The highest BCUT2D eigenvalue weighted by atomic mass is 16.6. The molecule has 0 radical (unpaired) electrons. The summed E-state index contributed by atoms with van der Waals surface area (Å²) in [6.07, 6.45) is 10.6. The fourth-order valence-corrected chi connectivity index (χ4v) is 5.84. The summed E-state index contributed by atoms with van der Waals surface area (Å²) in [5.74, 6) is 0.626. The van der Waals surface area contributed by atoms with Crippen LogP contribution in [0.3, 0.4) is 0 Å². The third-order valence-corrected chi connectivity index (χ3v) is 5.19. The average molecular weight is 248 g/mol. The van der Waals surface area contributed by atoms with Crippen LogP contribution < -0.4 is 0 Å². The Morgan fingerprint density at radius 1 is 1.11 bits per heavy atom. The molecule has 2 atom stereocenters. The van der Waals surface area contributed by atoms with Gasteiger partial charge in [-0.05, 0) is 62.2 Å². The number of carbonyl (C=O) groups excluding carboxylic acids is 1. The SMILES string of the molecule is CC=CC(=O)OC12CC3CC(C)(CC(C)(C3)C1)C2. The average Bonchev–Trinajstić information content (AvgIpc) is 2.09. The minimum atomic E-state index is -0.153. The molecule has 2 heteroatoms. The molecule has 2 nitrogen and oxygen atoms in total. The van der Waals surface area contributed by atoms with E-state index in [-0.39, 0.29) is 11.6 Å². The predicted molar refractivity (Wildman–Crippen MR) is 71.0 cm³/mol. The molecule has 4 bridgehead atoms. The maximum absolute atomic E-state index is 11.8. The molecule has 0 heterocycles. The lowest BCUT2D eigenvalue weighted by Gasteiger charge is -2.64. The lowest BCUT2D eigenvalue weighted by atomic mass is 9.43. The molecule has 0 aromatic carbocycles. The molecule has 0 N–H and O–H groups in total. The Balaban J connectivity index is 1.87. The van der Waals surface area contributed by atoms with Crippen LogP contribution in [0.15, 0.2) is 12.2 Å². The second-order valence-corrected chi connectivity index (χ2v) is 7.73. The van der Waals surface area contributed by atoms with Gasteiger partial charge < -0.3 is 4.74 Å². The number of allylic oxidation sites excluding steroid dienone is 1. The number of carbonyl (C=O) groups is 1. The van der Waals surface area contributed by atoms with E-state index in [0.29, 0.717) is 10.8 Å². The topological polar surface area (TPSA) is 26.3 Å². The van der Waals surface area contributed by atoms with Crippen molar-refractivity contribution in [2.24, 2.45) is 16.7 Å². The van der Waals surface area contributed by atoms with Crippen molar-refractivity contribution in [1.82, 2.24) is 0 Å². The Hall–Kier alpha value is -0.790. The largest absolute Gasteiger partial charge is 0.456 e. The van der Waals surface area contributed by atoms with Gasteiger partial charge in [-0.2, -0.15) is 0 Å². The number of ether oxygens (including phenoxy) is 1. The Morgan fingerprint density at radius 3 is 2.22 bits per heavy atom. The normalized spacial score (nSPS) is 49.8. The molecular formula is C16H24O2. The lowest BCUT2D eigenvalue weighted by molar-refractivity contribution is -0.212. The van der Waals surface area contributed by atoms with Gasteiger partial charge in [0.25, 0.3) is 0 Å². The first-order valence-corrected chi connectivity index (χ1v) is 7.22. The van der Waals surface area contributed by atoms with Crippen molar-refractivity contribution in [3.63, 3.8) is 0 Å². The molecule has 0 aromatic heterocycles. The van der Waals surface area contributed by atoms with Gasteiger partial charge in [-0.3, -0.25) is 0 Å². The summed E-state index contributed by atoms with van der Waals surface area (Å²) >= 11 is 0. The third kappa shape index (κ3) is 1.90. The minimum absolute atomic E-state index is 0.147. The van der Waals surface area contributed by atoms with Crippen LogP contribution in [0.5, 0.6) is 0 Å². The van der Waals surface area contributed by atoms with Crippen molar-refractivity contribution >= 4 is 5.97 Å². The van der Waals surface area contributed by atoms with E-state index in [1.807, 2.05) is 6.92 Å². The monoisotopic (exact) mass is 248 g/mol. The van der Waals surface area contributed by atoms with E-state index in [1.54, 1.807) is 12.2 Å². The number of esters is 1. The van der Waals surface area contributed by atoms with Crippen LogP contribution >= 0.6 is 0 Å². The molecule has 0 saturated heterocycles. The zero-order chi connectivity index (χ0) is 13.0. The second kappa shape index (κ2) is 3.61. The van der Waals surface area contributed by atoms with Crippen molar-refractivity contribution in [1.29, 1.82) is 0 Å². The van der Waals surface area contributed by atoms with Crippen molar-refractivity contribution in [3.8, 4) is 0 Å². The molecule has 4 fully saturated rings. The molecule has 4 aliphatic rings. The Morgan fingerprint density at radius 2 is 1.72 bits per heavy atom. The molecule has 4 saturated carbocycles. The van der Waals surface area contributed by atoms with Crippen LogP contribution in [0.1, 0.15) is 59.3 Å². The quantitative estimate of drug-likeness (QED) is 0.548. The van der Waals surface area contributed by atoms with Crippen LogP contribution in [0, 0.1) is 16.7 Å². The van der Waals surface area contributed by atoms with Crippen LogP contribution in [-0.4, -0.2) is 11.6 Å². The van der Waals surface area contributed by atoms with E-state index < -0.39 is 0 Å². The molecule has 0 aliphatic heterocycles. The van der Waals surface area contributed by atoms with Gasteiger partial charge in [0.05, 0.1) is 0 Å².